The fraction of sp³-hybridized carbons (Fsp3) is 0.286. The monoisotopic (exact) mass is 458 g/mol. The first-order valence-electron chi connectivity index (χ1n) is 11.6. The molecule has 6 heteroatoms. The van der Waals surface area contributed by atoms with Crippen LogP contribution in [0.3, 0.4) is 0 Å². The molecule has 3 rings (SSSR count). The molecular weight excluding hydrogens is 424 g/mol. The smallest absolute Gasteiger partial charge is 0.310 e. The maximum atomic E-state index is 11.3. The van der Waals surface area contributed by atoms with Crippen molar-refractivity contribution >= 4 is 17.3 Å². The third-order valence-electron chi connectivity index (χ3n) is 5.39. The van der Waals surface area contributed by atoms with Crippen molar-refractivity contribution in [2.75, 3.05) is 30.7 Å². The Kier molecular flexibility index (Phi) is 11.7. The summed E-state index contributed by atoms with van der Waals surface area (Å²) in [6, 6.07) is 27.3. The van der Waals surface area contributed by atoms with Crippen LogP contribution in [-0.2, 0) is 11.2 Å². The van der Waals surface area contributed by atoms with Crippen molar-refractivity contribution in [3.63, 3.8) is 0 Å². The Bertz CT molecular complexity index is 1020. The van der Waals surface area contributed by atoms with Gasteiger partial charge in [-0.15, -0.1) is 0 Å². The van der Waals surface area contributed by atoms with Gasteiger partial charge < -0.3 is 21.5 Å². The first-order chi connectivity index (χ1) is 16.6. The Labute approximate surface area is 202 Å². The maximum Gasteiger partial charge on any atom is 0.310 e. The van der Waals surface area contributed by atoms with Gasteiger partial charge in [-0.1, -0.05) is 73.7 Å². The molecule has 0 heterocycles. The molecule has 0 radical (unpaired) electrons. The summed E-state index contributed by atoms with van der Waals surface area (Å²) in [5, 5.41) is 25.0. The molecule has 0 saturated carbocycles. The summed E-state index contributed by atoms with van der Waals surface area (Å²) in [5.74, 6) is -1.21. The number of carbonyl (C=O) groups is 1. The number of nitrogens with two attached hydrogens (primary N) is 1. The molecule has 6 nitrogen and oxygen atoms in total. The zero-order chi connectivity index (χ0) is 24.6. The molecule has 178 valence electrons. The molecule has 3 aromatic carbocycles. The van der Waals surface area contributed by atoms with Crippen LogP contribution >= 0.6 is 0 Å². The minimum absolute atomic E-state index is 0.439. The molecule has 0 fully saturated rings. The molecule has 1 unspecified atom stereocenters. The Morgan fingerprint density at radius 3 is 2.29 bits per heavy atom. The maximum absolute atomic E-state index is 11.3. The van der Waals surface area contributed by atoms with Gasteiger partial charge in [0.2, 0.25) is 0 Å². The lowest BCUT2D eigenvalue weighted by Crippen LogP contribution is -2.21. The van der Waals surface area contributed by atoms with Gasteiger partial charge in [0, 0.05) is 6.54 Å². The van der Waals surface area contributed by atoms with Crippen LogP contribution in [0.1, 0.15) is 42.4 Å². The molecule has 0 aliphatic carbocycles. The minimum Gasteiger partial charge on any atom is -0.481 e. The van der Waals surface area contributed by atoms with E-state index in [4.69, 9.17) is 11.0 Å². The van der Waals surface area contributed by atoms with Crippen LogP contribution in [0.15, 0.2) is 78.9 Å². The summed E-state index contributed by atoms with van der Waals surface area (Å²) in [6.07, 6.45) is 2.37. The lowest BCUT2D eigenvalue weighted by atomic mass is 9.94. The number of nitrogens with zero attached hydrogens (tertiary/aromatic N) is 1. The second kappa shape index (κ2) is 15.1. The fourth-order valence-electron chi connectivity index (χ4n) is 3.51. The largest absolute Gasteiger partial charge is 0.481 e. The molecule has 0 spiro atoms. The van der Waals surface area contributed by atoms with E-state index >= 15 is 0 Å². The highest BCUT2D eigenvalue weighted by molar-refractivity contribution is 5.76. The Morgan fingerprint density at radius 1 is 1.00 bits per heavy atom. The minimum atomic E-state index is -0.772. The van der Waals surface area contributed by atoms with E-state index in [1.54, 1.807) is 6.07 Å². The predicted octanol–water partition coefficient (Wildman–Crippen LogP) is 5.04. The Hall–Kier alpha value is -3.82. The lowest BCUT2D eigenvalue weighted by molar-refractivity contribution is -0.138. The van der Waals surface area contributed by atoms with Gasteiger partial charge in [-0.3, -0.25) is 4.79 Å². The quantitative estimate of drug-likeness (QED) is 0.237. The standard InChI is InChI=1S/C22H28N4O2.C6H6/c1-2-19(22(27)28)17-7-3-6-16(14-17)10-13-25-11-5-12-26-20-9-4-8-18(15-23)21(20)24;1-2-4-6-5-3-1/h3-4,6-9,14,19,25-26H,2,5,10-13,24H2,1H3,(H,27,28);1-6H. The van der Waals surface area contributed by atoms with Crippen LogP contribution in [0, 0.1) is 11.3 Å². The van der Waals surface area contributed by atoms with E-state index in [2.05, 4.69) is 16.7 Å². The molecule has 0 aliphatic heterocycles. The zero-order valence-corrected chi connectivity index (χ0v) is 19.7. The van der Waals surface area contributed by atoms with Crippen molar-refractivity contribution in [3.8, 4) is 6.07 Å². The highest BCUT2D eigenvalue weighted by Gasteiger charge is 2.17. The van der Waals surface area contributed by atoms with Crippen LogP contribution in [0.2, 0.25) is 0 Å². The number of nitriles is 1. The van der Waals surface area contributed by atoms with Gasteiger partial charge in [0.05, 0.1) is 22.9 Å². The van der Waals surface area contributed by atoms with Crippen molar-refractivity contribution in [3.05, 3.63) is 95.6 Å². The van der Waals surface area contributed by atoms with E-state index in [0.717, 1.165) is 49.3 Å². The van der Waals surface area contributed by atoms with Gasteiger partial charge in [-0.05, 0) is 55.6 Å². The molecule has 0 aliphatic rings. The van der Waals surface area contributed by atoms with Crippen LogP contribution in [-0.4, -0.2) is 30.7 Å². The molecule has 34 heavy (non-hydrogen) atoms. The predicted molar refractivity (Wildman–Crippen MR) is 139 cm³/mol. The van der Waals surface area contributed by atoms with Crippen LogP contribution in [0.5, 0.6) is 0 Å². The number of hydrogen-bond acceptors (Lipinski definition) is 5. The number of para-hydroxylation sites is 1. The van der Waals surface area contributed by atoms with Crippen molar-refractivity contribution in [1.82, 2.24) is 5.32 Å². The van der Waals surface area contributed by atoms with Crippen molar-refractivity contribution < 1.29 is 9.90 Å². The Balaban J connectivity index is 0.000000589. The highest BCUT2D eigenvalue weighted by Crippen LogP contribution is 2.22. The molecular formula is C28H34N4O2. The van der Waals surface area contributed by atoms with E-state index in [-0.39, 0.29) is 0 Å². The number of carboxylic acids is 1. The van der Waals surface area contributed by atoms with E-state index in [1.165, 1.54) is 0 Å². The van der Waals surface area contributed by atoms with Gasteiger partial charge in [-0.2, -0.15) is 5.26 Å². The first kappa shape index (κ1) is 26.4. The summed E-state index contributed by atoms with van der Waals surface area (Å²) in [4.78, 5) is 11.3. The topological polar surface area (TPSA) is 111 Å². The zero-order valence-electron chi connectivity index (χ0n) is 19.7. The molecule has 0 saturated heterocycles. The number of hydrogen-bond donors (Lipinski definition) is 4. The van der Waals surface area contributed by atoms with E-state index < -0.39 is 11.9 Å². The van der Waals surface area contributed by atoms with E-state index in [0.29, 0.717) is 17.7 Å². The summed E-state index contributed by atoms with van der Waals surface area (Å²) in [6.45, 7) is 4.35. The second-order valence-electron chi connectivity index (χ2n) is 7.86. The summed E-state index contributed by atoms with van der Waals surface area (Å²) in [7, 11) is 0. The Morgan fingerprint density at radius 2 is 1.68 bits per heavy atom. The van der Waals surface area contributed by atoms with Gasteiger partial charge in [0.15, 0.2) is 0 Å². The molecule has 5 N–H and O–H groups in total. The second-order valence-corrected chi connectivity index (χ2v) is 7.86. The average molecular weight is 459 g/mol. The third-order valence-corrected chi connectivity index (χ3v) is 5.39. The van der Waals surface area contributed by atoms with Crippen LogP contribution < -0.4 is 16.4 Å². The van der Waals surface area contributed by atoms with Gasteiger partial charge in [-0.25, -0.2) is 0 Å². The third kappa shape index (κ3) is 8.97. The first-order valence-corrected chi connectivity index (χ1v) is 11.6. The molecule has 1 atom stereocenters. The molecule has 3 aromatic rings. The summed E-state index contributed by atoms with van der Waals surface area (Å²) >= 11 is 0. The molecule has 0 aromatic heterocycles. The molecule has 0 amide bonds. The number of anilines is 2. The van der Waals surface area contributed by atoms with Gasteiger partial charge in [0.1, 0.15) is 6.07 Å². The summed E-state index contributed by atoms with van der Waals surface area (Å²) in [5.41, 5.74) is 9.72. The number of nitrogens with one attached hydrogen (secondary N) is 2. The van der Waals surface area contributed by atoms with Crippen molar-refractivity contribution in [2.24, 2.45) is 0 Å². The average Bonchev–Trinajstić information content (AvgIpc) is 2.86. The number of rotatable bonds is 11. The van der Waals surface area contributed by atoms with E-state index in [1.807, 2.05) is 79.7 Å². The number of benzene rings is 3. The number of aliphatic carboxylic acids is 1. The van der Waals surface area contributed by atoms with Crippen molar-refractivity contribution in [2.45, 2.75) is 32.1 Å². The van der Waals surface area contributed by atoms with E-state index in [9.17, 15) is 9.90 Å². The lowest BCUT2D eigenvalue weighted by Gasteiger charge is -2.12. The highest BCUT2D eigenvalue weighted by atomic mass is 16.4. The van der Waals surface area contributed by atoms with Crippen LogP contribution in [0.25, 0.3) is 0 Å². The summed E-state index contributed by atoms with van der Waals surface area (Å²) < 4.78 is 0. The van der Waals surface area contributed by atoms with Crippen LogP contribution in [0.4, 0.5) is 11.4 Å². The molecule has 0 bridgehead atoms. The fourth-order valence-corrected chi connectivity index (χ4v) is 3.51. The normalized spacial score (nSPS) is 10.9. The number of carboxylic acid groups (broad SMARTS) is 1. The van der Waals surface area contributed by atoms with Gasteiger partial charge in [0.25, 0.3) is 0 Å². The van der Waals surface area contributed by atoms with Crippen molar-refractivity contribution in [1.29, 1.82) is 5.26 Å². The number of nitrogen functional groups attached to an aromatic ring is 1. The SMILES string of the molecule is CCC(C(=O)O)c1cccc(CCNCCCNc2cccc(C#N)c2N)c1.c1ccccc1. The van der Waals surface area contributed by atoms with Gasteiger partial charge >= 0.3 is 5.97 Å².